The lowest BCUT2D eigenvalue weighted by molar-refractivity contribution is -0.150. The average molecular weight is 619 g/mol. The smallest absolute Gasteiger partial charge is 0.416 e. The standard InChI is InChI=1S/C30H33F7N2O4/c1-15-26(17-8-19(29(32,33)34)10-20(9-17)30(35,36)37)43-27(41)39(15)14-18-13-28(3,4)7-6-21(18)22-11-24(38-16(2)40)23(31)12-25(22)42-5/h8-12,15,26-27,41H,6-7,13-14H2,1-5H3,(H,38,40)/t15-,26-,27?/m0/s1. The highest BCUT2D eigenvalue weighted by Crippen LogP contribution is 2.47. The van der Waals surface area contributed by atoms with Crippen molar-refractivity contribution in [3.05, 3.63) is 64.0 Å². The molecule has 1 unspecified atom stereocenters. The van der Waals surface area contributed by atoms with E-state index in [0.29, 0.717) is 30.5 Å². The number of hydrogen-bond donors (Lipinski definition) is 2. The third-order valence-electron chi connectivity index (χ3n) is 7.92. The normalized spacial score (nSPS) is 23.0. The van der Waals surface area contributed by atoms with E-state index in [1.54, 1.807) is 6.92 Å². The Kier molecular flexibility index (Phi) is 8.94. The molecule has 2 aromatic carbocycles. The molecule has 0 aromatic heterocycles. The highest BCUT2D eigenvalue weighted by atomic mass is 19.4. The molecule has 1 aliphatic heterocycles. The van der Waals surface area contributed by atoms with E-state index >= 15 is 0 Å². The van der Waals surface area contributed by atoms with E-state index in [1.807, 2.05) is 13.8 Å². The van der Waals surface area contributed by atoms with Crippen LogP contribution in [0.4, 0.5) is 36.4 Å². The maximum Gasteiger partial charge on any atom is 0.416 e. The van der Waals surface area contributed by atoms with Crippen LogP contribution < -0.4 is 10.1 Å². The number of carbonyl (C=O) groups excluding carboxylic acids is 1. The molecule has 1 heterocycles. The van der Waals surface area contributed by atoms with Crippen LogP contribution in [0.15, 0.2) is 35.9 Å². The second-order valence-corrected chi connectivity index (χ2v) is 11.8. The summed E-state index contributed by atoms with van der Waals surface area (Å²) in [6.45, 7) is 6.93. The number of alkyl halides is 6. The number of nitrogens with one attached hydrogen (secondary N) is 1. The lowest BCUT2D eigenvalue weighted by Gasteiger charge is -2.36. The van der Waals surface area contributed by atoms with Crippen LogP contribution in [-0.2, 0) is 21.9 Å². The van der Waals surface area contributed by atoms with E-state index in [1.165, 1.54) is 25.0 Å². The number of halogens is 7. The van der Waals surface area contributed by atoms with Crippen LogP contribution in [0.25, 0.3) is 5.57 Å². The van der Waals surface area contributed by atoms with E-state index < -0.39 is 53.8 Å². The van der Waals surface area contributed by atoms with Gasteiger partial charge in [-0.3, -0.25) is 4.79 Å². The predicted octanol–water partition coefficient (Wildman–Crippen LogP) is 7.53. The van der Waals surface area contributed by atoms with Crippen molar-refractivity contribution in [2.24, 2.45) is 5.41 Å². The van der Waals surface area contributed by atoms with Crippen LogP contribution in [0.3, 0.4) is 0 Å². The number of anilines is 1. The van der Waals surface area contributed by atoms with Gasteiger partial charge in [-0.05, 0) is 67.0 Å². The second kappa shape index (κ2) is 11.7. The van der Waals surface area contributed by atoms with Gasteiger partial charge >= 0.3 is 12.4 Å². The molecule has 6 nitrogen and oxygen atoms in total. The first-order chi connectivity index (χ1) is 19.8. The Bertz CT molecular complexity index is 1390. The molecule has 0 radical (unpaired) electrons. The maximum absolute atomic E-state index is 14.7. The van der Waals surface area contributed by atoms with Crippen molar-refractivity contribution in [2.45, 2.75) is 77.9 Å². The van der Waals surface area contributed by atoms with Crippen molar-refractivity contribution in [3.63, 3.8) is 0 Å². The molecular weight excluding hydrogens is 585 g/mol. The number of allylic oxidation sites excluding steroid dienone is 1. The number of carbonyl (C=O) groups is 1. The quantitative estimate of drug-likeness (QED) is 0.328. The summed E-state index contributed by atoms with van der Waals surface area (Å²) in [6, 6.07) is 3.05. The van der Waals surface area contributed by atoms with Gasteiger partial charge in [0.25, 0.3) is 0 Å². The number of nitrogens with zero attached hydrogens (tertiary/aromatic N) is 1. The summed E-state index contributed by atoms with van der Waals surface area (Å²) in [7, 11) is 1.37. The van der Waals surface area contributed by atoms with Gasteiger partial charge in [0.2, 0.25) is 12.3 Å². The molecule has 0 spiro atoms. The molecule has 0 saturated carbocycles. The SMILES string of the molecule is COc1cc(F)c(NC(C)=O)cc1C1=C(CN2C(O)O[C@H](c3cc(C(F)(F)F)cc(C(F)(F)F)c3)[C@@H]2C)CC(C)(C)CC1. The van der Waals surface area contributed by atoms with Crippen molar-refractivity contribution in [2.75, 3.05) is 19.0 Å². The Morgan fingerprint density at radius 2 is 1.70 bits per heavy atom. The Hall–Kier alpha value is -3.16. The van der Waals surface area contributed by atoms with Gasteiger partial charge in [-0.25, -0.2) is 9.29 Å². The number of amides is 1. The zero-order valence-corrected chi connectivity index (χ0v) is 24.2. The highest BCUT2D eigenvalue weighted by molar-refractivity contribution is 5.90. The first-order valence-corrected chi connectivity index (χ1v) is 13.6. The Morgan fingerprint density at radius 1 is 1.09 bits per heavy atom. The second-order valence-electron chi connectivity index (χ2n) is 11.8. The molecule has 1 saturated heterocycles. The Labute approximate surface area is 244 Å². The summed E-state index contributed by atoms with van der Waals surface area (Å²) in [4.78, 5) is 13.1. The zero-order valence-electron chi connectivity index (χ0n) is 24.2. The summed E-state index contributed by atoms with van der Waals surface area (Å²) >= 11 is 0. The summed E-state index contributed by atoms with van der Waals surface area (Å²) in [5.74, 6) is -0.964. The third kappa shape index (κ3) is 7.15. The Balaban J connectivity index is 1.75. The number of aliphatic hydroxyl groups is 1. The summed E-state index contributed by atoms with van der Waals surface area (Å²) in [6.07, 6.45) is -11.2. The van der Waals surface area contributed by atoms with Crippen molar-refractivity contribution < 1.29 is 50.1 Å². The van der Waals surface area contributed by atoms with Gasteiger partial charge in [0.1, 0.15) is 17.7 Å². The number of methoxy groups -OCH3 is 1. The van der Waals surface area contributed by atoms with Crippen LogP contribution in [-0.4, -0.2) is 42.0 Å². The molecule has 236 valence electrons. The molecule has 2 aliphatic rings. The van der Waals surface area contributed by atoms with E-state index in [9.17, 15) is 40.6 Å². The third-order valence-corrected chi connectivity index (χ3v) is 7.92. The molecule has 13 heteroatoms. The number of aliphatic hydroxyl groups excluding tert-OH is 1. The lowest BCUT2D eigenvalue weighted by atomic mass is 9.72. The lowest BCUT2D eigenvalue weighted by Crippen LogP contribution is -2.38. The number of ether oxygens (including phenoxy) is 2. The highest BCUT2D eigenvalue weighted by Gasteiger charge is 2.44. The minimum atomic E-state index is -5.03. The predicted molar refractivity (Wildman–Crippen MR) is 144 cm³/mol. The zero-order chi connectivity index (χ0) is 32.1. The first-order valence-electron chi connectivity index (χ1n) is 13.6. The van der Waals surface area contributed by atoms with Gasteiger partial charge in [0.05, 0.1) is 23.9 Å². The summed E-state index contributed by atoms with van der Waals surface area (Å²) in [5.41, 5.74) is -1.48. The summed E-state index contributed by atoms with van der Waals surface area (Å²) < 4.78 is 107. The van der Waals surface area contributed by atoms with Crippen molar-refractivity contribution in [1.29, 1.82) is 0 Å². The monoisotopic (exact) mass is 618 g/mol. The van der Waals surface area contributed by atoms with E-state index in [2.05, 4.69) is 5.32 Å². The van der Waals surface area contributed by atoms with Crippen LogP contribution in [0, 0.1) is 11.2 Å². The largest absolute Gasteiger partial charge is 0.496 e. The fourth-order valence-corrected chi connectivity index (χ4v) is 5.78. The van der Waals surface area contributed by atoms with Crippen molar-refractivity contribution in [3.8, 4) is 5.75 Å². The molecule has 4 rings (SSSR count). The van der Waals surface area contributed by atoms with E-state index in [4.69, 9.17) is 9.47 Å². The Morgan fingerprint density at radius 3 is 2.23 bits per heavy atom. The van der Waals surface area contributed by atoms with Crippen LogP contribution in [0.5, 0.6) is 5.75 Å². The fraction of sp³-hybridized carbons (Fsp3) is 0.500. The molecule has 0 bridgehead atoms. The van der Waals surface area contributed by atoms with Crippen LogP contribution in [0.1, 0.15) is 75.3 Å². The first kappa shape index (κ1) is 32.7. The summed E-state index contributed by atoms with van der Waals surface area (Å²) in [5, 5.41) is 13.3. The van der Waals surface area contributed by atoms with E-state index in [0.717, 1.165) is 23.6 Å². The molecular formula is C30H33F7N2O4. The molecule has 1 fully saturated rings. The van der Waals surface area contributed by atoms with Crippen molar-refractivity contribution in [1.82, 2.24) is 4.90 Å². The molecule has 43 heavy (non-hydrogen) atoms. The van der Waals surface area contributed by atoms with Gasteiger partial charge in [-0.15, -0.1) is 0 Å². The molecule has 1 amide bonds. The fourth-order valence-electron chi connectivity index (χ4n) is 5.78. The number of rotatable bonds is 6. The van der Waals surface area contributed by atoms with E-state index in [-0.39, 0.29) is 35.0 Å². The van der Waals surface area contributed by atoms with Crippen LogP contribution in [0.2, 0.25) is 0 Å². The van der Waals surface area contributed by atoms with Crippen molar-refractivity contribution >= 4 is 17.2 Å². The minimum Gasteiger partial charge on any atom is -0.496 e. The molecule has 2 aromatic rings. The van der Waals surface area contributed by atoms with Gasteiger partial charge in [0.15, 0.2) is 0 Å². The van der Waals surface area contributed by atoms with Gasteiger partial charge in [-0.1, -0.05) is 19.4 Å². The number of benzene rings is 2. The molecule has 1 aliphatic carbocycles. The van der Waals surface area contributed by atoms with Gasteiger partial charge < -0.3 is 19.9 Å². The minimum absolute atomic E-state index is 0.0455. The molecule has 3 atom stereocenters. The molecule has 2 N–H and O–H groups in total. The van der Waals surface area contributed by atoms with Crippen LogP contribution >= 0.6 is 0 Å². The van der Waals surface area contributed by atoms with Gasteiger partial charge in [0, 0.05) is 31.1 Å². The average Bonchev–Trinajstić information content (AvgIpc) is 3.16. The maximum atomic E-state index is 14.7. The number of hydrogen-bond acceptors (Lipinski definition) is 5. The van der Waals surface area contributed by atoms with Gasteiger partial charge in [-0.2, -0.15) is 26.3 Å². The topological polar surface area (TPSA) is 71.0 Å².